The van der Waals surface area contributed by atoms with Crippen LogP contribution in [0.15, 0.2) is 22.7 Å². The van der Waals surface area contributed by atoms with Crippen molar-refractivity contribution in [3.8, 4) is 0 Å². The molecule has 0 radical (unpaired) electrons. The normalized spacial score (nSPS) is 12.4. The van der Waals surface area contributed by atoms with E-state index in [1.54, 1.807) is 19.2 Å². The number of rotatable bonds is 5. The average Bonchev–Trinajstić information content (AvgIpc) is 2.17. The number of nitro groups is 1. The fourth-order valence-corrected chi connectivity index (χ4v) is 2.07. The summed E-state index contributed by atoms with van der Waals surface area (Å²) >= 11 is 9.26. The van der Waals surface area contributed by atoms with Gasteiger partial charge in [-0.05, 0) is 18.6 Å². The van der Waals surface area contributed by atoms with Crippen LogP contribution < -0.4 is 0 Å². The summed E-state index contributed by atoms with van der Waals surface area (Å²) in [5.74, 6) is 0. The molecule has 0 spiro atoms. The first-order chi connectivity index (χ1) is 7.54. The van der Waals surface area contributed by atoms with Gasteiger partial charge in [-0.15, -0.1) is 11.6 Å². The second-order valence-electron chi connectivity index (χ2n) is 3.29. The first-order valence-electron chi connectivity index (χ1n) is 4.60. The number of nitrogens with zero attached hydrogens (tertiary/aromatic N) is 1. The first kappa shape index (κ1) is 13.4. The summed E-state index contributed by atoms with van der Waals surface area (Å²) in [6.45, 7) is 0.366. The van der Waals surface area contributed by atoms with Crippen molar-refractivity contribution >= 4 is 33.2 Å². The molecule has 0 saturated heterocycles. The number of halogens is 2. The van der Waals surface area contributed by atoms with Crippen LogP contribution in [0.25, 0.3) is 0 Å². The molecule has 1 aromatic carbocycles. The molecule has 1 aromatic rings. The van der Waals surface area contributed by atoms with Crippen molar-refractivity contribution in [3.63, 3.8) is 0 Å². The van der Waals surface area contributed by atoms with E-state index in [0.717, 1.165) is 4.47 Å². The topological polar surface area (TPSA) is 52.4 Å². The van der Waals surface area contributed by atoms with Gasteiger partial charge in [0.2, 0.25) is 0 Å². The molecule has 0 N–H and O–H groups in total. The first-order valence-corrected chi connectivity index (χ1v) is 5.83. The zero-order valence-corrected chi connectivity index (χ0v) is 11.0. The minimum Gasteiger partial charge on any atom is -0.383 e. The number of nitro benzene ring substituents is 1. The number of benzene rings is 1. The predicted octanol–water partition coefficient (Wildman–Crippen LogP) is 3.15. The molecule has 0 aromatic heterocycles. The minimum atomic E-state index is -0.405. The van der Waals surface area contributed by atoms with Gasteiger partial charge in [0.25, 0.3) is 5.69 Å². The molecular formula is C10H11BrClNO3. The molecule has 88 valence electrons. The molecule has 4 nitrogen and oxygen atoms in total. The van der Waals surface area contributed by atoms with Crippen LogP contribution in [-0.2, 0) is 11.2 Å². The van der Waals surface area contributed by atoms with Crippen LogP contribution >= 0.6 is 27.5 Å². The predicted molar refractivity (Wildman–Crippen MR) is 66.0 cm³/mol. The standard InChI is InChI=1S/C10H11BrClNO3/c1-16-6-9(12)5-7-4-8(11)2-3-10(7)13(14)15/h2-4,9H,5-6H2,1H3. The second kappa shape index (κ2) is 6.18. The molecule has 0 heterocycles. The van der Waals surface area contributed by atoms with Gasteiger partial charge in [0.1, 0.15) is 0 Å². The van der Waals surface area contributed by atoms with Crippen molar-refractivity contribution in [1.82, 2.24) is 0 Å². The van der Waals surface area contributed by atoms with Crippen molar-refractivity contribution in [2.45, 2.75) is 11.8 Å². The summed E-state index contributed by atoms with van der Waals surface area (Å²) < 4.78 is 5.69. The Kier molecular flexibility index (Phi) is 5.18. The second-order valence-corrected chi connectivity index (χ2v) is 4.82. The zero-order chi connectivity index (χ0) is 12.1. The third kappa shape index (κ3) is 3.73. The van der Waals surface area contributed by atoms with Gasteiger partial charge in [0.15, 0.2) is 0 Å². The van der Waals surface area contributed by atoms with Crippen molar-refractivity contribution in [2.24, 2.45) is 0 Å². The highest BCUT2D eigenvalue weighted by Gasteiger charge is 2.17. The smallest absolute Gasteiger partial charge is 0.272 e. The Bertz CT molecular complexity index is 386. The lowest BCUT2D eigenvalue weighted by atomic mass is 10.1. The van der Waals surface area contributed by atoms with Crippen molar-refractivity contribution in [2.75, 3.05) is 13.7 Å². The van der Waals surface area contributed by atoms with Crippen LogP contribution in [0.3, 0.4) is 0 Å². The minimum absolute atomic E-state index is 0.0879. The van der Waals surface area contributed by atoms with Gasteiger partial charge in [-0.25, -0.2) is 0 Å². The summed E-state index contributed by atoms with van der Waals surface area (Å²) in [4.78, 5) is 10.4. The third-order valence-corrected chi connectivity index (χ3v) is 2.80. The molecule has 0 bridgehead atoms. The Morgan fingerprint density at radius 3 is 2.88 bits per heavy atom. The molecule has 1 rings (SSSR count). The monoisotopic (exact) mass is 307 g/mol. The van der Waals surface area contributed by atoms with E-state index >= 15 is 0 Å². The Balaban J connectivity index is 2.92. The van der Waals surface area contributed by atoms with E-state index in [2.05, 4.69) is 15.9 Å². The number of ether oxygens (including phenoxy) is 1. The summed E-state index contributed by atoms with van der Waals surface area (Å²) in [6.07, 6.45) is 0.408. The SMILES string of the molecule is COCC(Cl)Cc1cc(Br)ccc1[N+](=O)[O-]. The van der Waals surface area contributed by atoms with E-state index in [0.29, 0.717) is 18.6 Å². The molecule has 0 fully saturated rings. The molecule has 6 heteroatoms. The van der Waals surface area contributed by atoms with Crippen LogP contribution in [0.5, 0.6) is 0 Å². The maximum Gasteiger partial charge on any atom is 0.272 e. The van der Waals surface area contributed by atoms with Crippen LogP contribution in [0.2, 0.25) is 0 Å². The number of alkyl halides is 1. The summed E-state index contributed by atoms with van der Waals surface area (Å²) in [5, 5.41) is 10.5. The highest BCUT2D eigenvalue weighted by molar-refractivity contribution is 9.10. The van der Waals surface area contributed by atoms with Gasteiger partial charge in [-0.3, -0.25) is 10.1 Å². The number of hydrogen-bond donors (Lipinski definition) is 0. The Hall–Kier alpha value is -0.650. The molecule has 0 saturated carbocycles. The molecular weight excluding hydrogens is 297 g/mol. The molecule has 0 aliphatic rings. The highest BCUT2D eigenvalue weighted by atomic mass is 79.9. The van der Waals surface area contributed by atoms with E-state index < -0.39 is 4.92 Å². The molecule has 0 amide bonds. The van der Waals surface area contributed by atoms with Crippen LogP contribution in [0.1, 0.15) is 5.56 Å². The van der Waals surface area contributed by atoms with Gasteiger partial charge in [0, 0.05) is 23.2 Å². The van der Waals surface area contributed by atoms with Gasteiger partial charge in [-0.1, -0.05) is 15.9 Å². The molecule has 0 aliphatic carbocycles. The van der Waals surface area contributed by atoms with Gasteiger partial charge in [-0.2, -0.15) is 0 Å². The molecule has 0 aliphatic heterocycles. The lowest BCUT2D eigenvalue weighted by Crippen LogP contribution is -2.11. The van der Waals surface area contributed by atoms with Gasteiger partial charge < -0.3 is 4.74 Å². The Labute approximate surface area is 107 Å². The lowest BCUT2D eigenvalue weighted by molar-refractivity contribution is -0.385. The summed E-state index contributed by atoms with van der Waals surface area (Å²) in [5.41, 5.74) is 0.696. The summed E-state index contributed by atoms with van der Waals surface area (Å²) in [7, 11) is 1.55. The Morgan fingerprint density at radius 2 is 2.31 bits per heavy atom. The Morgan fingerprint density at radius 1 is 1.62 bits per heavy atom. The molecule has 1 atom stereocenters. The summed E-state index contributed by atoms with van der Waals surface area (Å²) in [6, 6.07) is 4.82. The van der Waals surface area contributed by atoms with E-state index in [1.165, 1.54) is 6.07 Å². The van der Waals surface area contributed by atoms with Crippen LogP contribution in [-0.4, -0.2) is 24.0 Å². The lowest BCUT2D eigenvalue weighted by Gasteiger charge is -2.08. The van der Waals surface area contributed by atoms with Crippen molar-refractivity contribution < 1.29 is 9.66 Å². The van der Waals surface area contributed by atoms with Gasteiger partial charge in [0.05, 0.1) is 16.9 Å². The fraction of sp³-hybridized carbons (Fsp3) is 0.400. The number of hydrogen-bond acceptors (Lipinski definition) is 3. The average molecular weight is 309 g/mol. The molecule has 16 heavy (non-hydrogen) atoms. The highest BCUT2D eigenvalue weighted by Crippen LogP contribution is 2.25. The van der Waals surface area contributed by atoms with Crippen LogP contribution in [0.4, 0.5) is 5.69 Å². The largest absolute Gasteiger partial charge is 0.383 e. The number of methoxy groups -OCH3 is 1. The quantitative estimate of drug-likeness (QED) is 0.477. The van der Waals surface area contributed by atoms with E-state index in [-0.39, 0.29) is 11.1 Å². The zero-order valence-electron chi connectivity index (χ0n) is 8.65. The van der Waals surface area contributed by atoms with E-state index in [9.17, 15) is 10.1 Å². The van der Waals surface area contributed by atoms with Gasteiger partial charge >= 0.3 is 0 Å². The van der Waals surface area contributed by atoms with Crippen molar-refractivity contribution in [3.05, 3.63) is 38.3 Å². The van der Waals surface area contributed by atoms with E-state index in [1.807, 2.05) is 0 Å². The molecule has 1 unspecified atom stereocenters. The fourth-order valence-electron chi connectivity index (χ4n) is 1.37. The maximum absolute atomic E-state index is 10.8. The van der Waals surface area contributed by atoms with Crippen LogP contribution in [0, 0.1) is 10.1 Å². The van der Waals surface area contributed by atoms with E-state index in [4.69, 9.17) is 16.3 Å². The van der Waals surface area contributed by atoms with Crippen molar-refractivity contribution in [1.29, 1.82) is 0 Å². The third-order valence-electron chi connectivity index (χ3n) is 2.03. The maximum atomic E-state index is 10.8.